The molecule has 5 nitrogen and oxygen atoms in total. The SMILES string of the molecule is C[C@H](NS/C=C/c1n[nH]c2c1CCCCC2Cc1cccc(Cl)c1)c1ccccc1.OO. The van der Waals surface area contributed by atoms with Crippen molar-refractivity contribution >= 4 is 29.6 Å². The Morgan fingerprint density at radius 3 is 2.78 bits per heavy atom. The highest BCUT2D eigenvalue weighted by Gasteiger charge is 2.23. The molecule has 0 amide bonds. The molecule has 1 aliphatic carbocycles. The van der Waals surface area contributed by atoms with Crippen LogP contribution < -0.4 is 4.72 Å². The third-order valence-electron chi connectivity index (χ3n) is 5.78. The Morgan fingerprint density at radius 2 is 2.00 bits per heavy atom. The lowest BCUT2D eigenvalue weighted by Gasteiger charge is -2.14. The molecule has 170 valence electrons. The zero-order valence-electron chi connectivity index (χ0n) is 18.2. The number of nitrogens with one attached hydrogen (secondary N) is 2. The molecule has 0 bridgehead atoms. The van der Waals surface area contributed by atoms with Crippen molar-refractivity contribution in [1.29, 1.82) is 0 Å². The van der Waals surface area contributed by atoms with Crippen molar-refractivity contribution in [2.45, 2.75) is 51.0 Å². The summed E-state index contributed by atoms with van der Waals surface area (Å²) in [5, 5.41) is 22.9. The number of hydrogen-bond acceptors (Lipinski definition) is 5. The molecule has 0 saturated heterocycles. The maximum Gasteiger partial charge on any atom is 0.0888 e. The van der Waals surface area contributed by atoms with Crippen LogP contribution >= 0.6 is 23.5 Å². The number of aromatic nitrogens is 2. The normalized spacial score (nSPS) is 16.7. The number of H-pyrrole nitrogens is 1. The van der Waals surface area contributed by atoms with Gasteiger partial charge in [-0.25, -0.2) is 0 Å². The second kappa shape index (κ2) is 12.8. The lowest BCUT2D eigenvalue weighted by Crippen LogP contribution is -2.08. The number of nitrogens with zero attached hydrogens (tertiary/aromatic N) is 1. The number of hydrogen-bond donors (Lipinski definition) is 4. The van der Waals surface area contributed by atoms with E-state index in [-0.39, 0.29) is 0 Å². The van der Waals surface area contributed by atoms with Crippen molar-refractivity contribution in [3.8, 4) is 0 Å². The molecule has 1 aromatic heterocycles. The van der Waals surface area contributed by atoms with Gasteiger partial charge in [0.25, 0.3) is 0 Å². The van der Waals surface area contributed by atoms with Crippen LogP contribution in [0.3, 0.4) is 0 Å². The van der Waals surface area contributed by atoms with Gasteiger partial charge in [-0.05, 0) is 67.4 Å². The van der Waals surface area contributed by atoms with Gasteiger partial charge in [0.1, 0.15) is 0 Å². The highest BCUT2D eigenvalue weighted by Crippen LogP contribution is 2.34. The van der Waals surface area contributed by atoms with Crippen molar-refractivity contribution in [3.63, 3.8) is 0 Å². The van der Waals surface area contributed by atoms with Gasteiger partial charge in [0.05, 0.1) is 5.69 Å². The average Bonchev–Trinajstić information content (AvgIpc) is 3.12. The fourth-order valence-electron chi connectivity index (χ4n) is 4.17. The largest absolute Gasteiger partial charge is 0.281 e. The zero-order chi connectivity index (χ0) is 22.8. The van der Waals surface area contributed by atoms with Crippen LogP contribution in [0.2, 0.25) is 5.02 Å². The van der Waals surface area contributed by atoms with Crippen molar-refractivity contribution in [2.75, 3.05) is 0 Å². The lowest BCUT2D eigenvalue weighted by molar-refractivity contribution is -0.176. The van der Waals surface area contributed by atoms with E-state index in [4.69, 9.17) is 22.1 Å². The maximum absolute atomic E-state index is 6.19. The van der Waals surface area contributed by atoms with Crippen LogP contribution in [0.5, 0.6) is 0 Å². The van der Waals surface area contributed by atoms with E-state index in [1.165, 1.54) is 41.6 Å². The predicted octanol–water partition coefficient (Wildman–Crippen LogP) is 7.10. The molecule has 3 aromatic rings. The van der Waals surface area contributed by atoms with Gasteiger partial charge in [-0.15, -0.1) is 0 Å². The summed E-state index contributed by atoms with van der Waals surface area (Å²) in [5.41, 5.74) is 6.34. The Bertz CT molecular complexity index is 994. The maximum atomic E-state index is 6.19. The minimum Gasteiger partial charge on any atom is -0.281 e. The molecule has 1 unspecified atom stereocenters. The smallest absolute Gasteiger partial charge is 0.0888 e. The summed E-state index contributed by atoms with van der Waals surface area (Å²) < 4.78 is 3.48. The van der Waals surface area contributed by atoms with Gasteiger partial charge in [-0.3, -0.25) is 20.3 Å². The van der Waals surface area contributed by atoms with E-state index in [0.29, 0.717) is 12.0 Å². The number of fused-ring (bicyclic) bond motifs is 1. The van der Waals surface area contributed by atoms with Gasteiger partial charge in [0, 0.05) is 28.2 Å². The molecule has 32 heavy (non-hydrogen) atoms. The molecule has 0 saturated carbocycles. The molecule has 7 heteroatoms. The van der Waals surface area contributed by atoms with Crippen LogP contribution in [0.4, 0.5) is 0 Å². The predicted molar refractivity (Wildman–Crippen MR) is 134 cm³/mol. The van der Waals surface area contributed by atoms with E-state index in [1.54, 1.807) is 11.9 Å². The van der Waals surface area contributed by atoms with Gasteiger partial charge in [0.2, 0.25) is 0 Å². The molecule has 0 aliphatic heterocycles. The van der Waals surface area contributed by atoms with E-state index < -0.39 is 0 Å². The molecular weight excluding hydrogens is 442 g/mol. The molecule has 0 radical (unpaired) electrons. The van der Waals surface area contributed by atoms with Gasteiger partial charge >= 0.3 is 0 Å². The second-order valence-corrected chi connectivity index (χ2v) is 9.13. The van der Waals surface area contributed by atoms with Crippen molar-refractivity contribution in [1.82, 2.24) is 14.9 Å². The topological polar surface area (TPSA) is 81.2 Å². The summed E-state index contributed by atoms with van der Waals surface area (Å²) in [4.78, 5) is 0. The number of benzene rings is 2. The molecule has 4 N–H and O–H groups in total. The van der Waals surface area contributed by atoms with Crippen molar-refractivity contribution in [2.24, 2.45) is 0 Å². The Labute approximate surface area is 199 Å². The van der Waals surface area contributed by atoms with Crippen LogP contribution in [0, 0.1) is 0 Å². The van der Waals surface area contributed by atoms with Crippen LogP contribution in [-0.2, 0) is 12.8 Å². The van der Waals surface area contributed by atoms with Gasteiger partial charge < -0.3 is 0 Å². The van der Waals surface area contributed by atoms with E-state index >= 15 is 0 Å². The lowest BCUT2D eigenvalue weighted by atomic mass is 9.91. The van der Waals surface area contributed by atoms with Crippen molar-refractivity contribution in [3.05, 3.63) is 93.1 Å². The average molecular weight is 472 g/mol. The summed E-state index contributed by atoms with van der Waals surface area (Å²) in [7, 11) is 0. The van der Waals surface area contributed by atoms with Crippen LogP contribution in [0.1, 0.15) is 66.2 Å². The molecule has 4 rings (SSSR count). The molecule has 2 atom stereocenters. The van der Waals surface area contributed by atoms with E-state index in [9.17, 15) is 0 Å². The third kappa shape index (κ3) is 6.70. The number of rotatable bonds is 7. The molecule has 2 aromatic carbocycles. The number of halogens is 1. The first-order valence-corrected chi connectivity index (χ1v) is 12.1. The first kappa shape index (κ1) is 24.6. The second-order valence-electron chi connectivity index (χ2n) is 7.95. The molecule has 0 fully saturated rings. The minimum atomic E-state index is 0.291. The summed E-state index contributed by atoms with van der Waals surface area (Å²) in [5.74, 6) is 0.472. The Kier molecular flexibility index (Phi) is 9.84. The van der Waals surface area contributed by atoms with Crippen molar-refractivity contribution < 1.29 is 10.5 Å². The van der Waals surface area contributed by atoms with E-state index in [1.807, 2.05) is 18.2 Å². The van der Waals surface area contributed by atoms with Gasteiger partial charge in [0.15, 0.2) is 0 Å². The zero-order valence-corrected chi connectivity index (χ0v) is 19.7. The molecule has 1 aliphatic rings. The van der Waals surface area contributed by atoms with Crippen LogP contribution in [0.15, 0.2) is 60.0 Å². The van der Waals surface area contributed by atoms with Gasteiger partial charge in [-0.1, -0.05) is 72.4 Å². The quantitative estimate of drug-likeness (QED) is 0.128. The molecule has 1 heterocycles. The Morgan fingerprint density at radius 1 is 1.19 bits per heavy atom. The summed E-state index contributed by atoms with van der Waals surface area (Å²) in [6.07, 6.45) is 7.89. The van der Waals surface area contributed by atoms with Gasteiger partial charge in [-0.2, -0.15) is 5.10 Å². The third-order valence-corrected chi connectivity index (χ3v) is 6.78. The first-order valence-electron chi connectivity index (χ1n) is 10.8. The fourth-order valence-corrected chi connectivity index (χ4v) is 5.00. The summed E-state index contributed by atoms with van der Waals surface area (Å²) in [6.45, 7) is 2.18. The summed E-state index contributed by atoms with van der Waals surface area (Å²) >= 11 is 7.81. The molecule has 0 spiro atoms. The van der Waals surface area contributed by atoms with Crippen LogP contribution in [0.25, 0.3) is 6.08 Å². The number of aromatic amines is 1. The highest BCUT2D eigenvalue weighted by molar-refractivity contribution is 8.00. The minimum absolute atomic E-state index is 0.291. The van der Waals surface area contributed by atoms with E-state index in [2.05, 4.69) is 69.7 Å². The molecular formula is C25H30ClN3O2S. The van der Waals surface area contributed by atoms with Crippen LogP contribution in [-0.4, -0.2) is 20.7 Å². The highest BCUT2D eigenvalue weighted by atomic mass is 35.5. The monoisotopic (exact) mass is 471 g/mol. The Hall–Kier alpha value is -2.09. The van der Waals surface area contributed by atoms with E-state index in [0.717, 1.165) is 23.6 Å². The first-order chi connectivity index (χ1) is 15.7. The summed E-state index contributed by atoms with van der Waals surface area (Å²) in [6, 6.07) is 19.0. The fraction of sp³-hybridized carbons (Fsp3) is 0.320. The standard InChI is InChI=1S/C25H28ClN3S.H2O2/c1-18(20-9-3-2-4-10-20)29-30-15-14-24-23-13-6-5-11-21(25(23)28-27-24)16-19-8-7-12-22(26)17-19;1-2/h2-4,7-10,12,14-15,17-18,21,29H,5-6,11,13,16H2,1H3,(H,27,28);1-2H/b15-14+;/t18-,21?;/m0./s1. The Balaban J connectivity index is 0.00000141.